The number of aryl methyl sites for hydroxylation is 1. The fourth-order valence-corrected chi connectivity index (χ4v) is 2.78. The molecule has 1 N–H and O–H groups in total. The number of rotatable bonds is 4. The lowest BCUT2D eigenvalue weighted by Gasteiger charge is -2.00. The third-order valence-corrected chi connectivity index (χ3v) is 4.20. The molecule has 4 aromatic rings. The van der Waals surface area contributed by atoms with E-state index in [1.807, 2.05) is 6.20 Å². The number of aromatic amines is 1. The minimum atomic E-state index is -0.911. The van der Waals surface area contributed by atoms with E-state index < -0.39 is 11.6 Å². The molecule has 0 saturated carbocycles. The zero-order chi connectivity index (χ0) is 20.1. The average Bonchev–Trinajstić information content (AvgIpc) is 3.32. The van der Waals surface area contributed by atoms with Gasteiger partial charge in [0.1, 0.15) is 17.3 Å². The molecule has 2 aromatic carbocycles. The van der Waals surface area contributed by atoms with Gasteiger partial charge in [0, 0.05) is 29.6 Å². The molecule has 0 atom stereocenters. The Morgan fingerprint density at radius 1 is 1.11 bits per heavy atom. The number of aldehydes is 1. The number of H-pyrrole nitrogens is 1. The van der Waals surface area contributed by atoms with Crippen molar-refractivity contribution in [3.63, 3.8) is 0 Å². The van der Waals surface area contributed by atoms with Gasteiger partial charge in [0.15, 0.2) is 17.9 Å². The number of nitrogens with zero attached hydrogens (tertiary/aromatic N) is 1. The summed E-state index contributed by atoms with van der Waals surface area (Å²) in [5.74, 6) is -1.68. The quantitative estimate of drug-likeness (QED) is 0.489. The first-order valence-electron chi connectivity index (χ1n) is 8.61. The smallest absolute Gasteiger partial charge is 0.171 e. The Morgan fingerprint density at radius 2 is 1.93 bits per heavy atom. The van der Waals surface area contributed by atoms with E-state index in [-0.39, 0.29) is 23.5 Å². The topological polar surface area (TPSA) is 58.9 Å². The van der Waals surface area contributed by atoms with E-state index in [9.17, 15) is 18.0 Å². The average molecular weight is 386 g/mol. The van der Waals surface area contributed by atoms with Crippen LogP contribution in [0.5, 0.6) is 0 Å². The third kappa shape index (κ3) is 4.31. The Balaban J connectivity index is 0.000000167. The van der Waals surface area contributed by atoms with Crippen LogP contribution in [0.3, 0.4) is 0 Å². The monoisotopic (exact) mass is 386 g/mol. The molecule has 0 unspecified atom stereocenters. The van der Waals surface area contributed by atoms with E-state index in [0.29, 0.717) is 12.0 Å². The van der Waals surface area contributed by atoms with Gasteiger partial charge < -0.3 is 9.51 Å². The summed E-state index contributed by atoms with van der Waals surface area (Å²) < 4.78 is 43.7. The summed E-state index contributed by atoms with van der Waals surface area (Å²) in [6, 6.07) is 10.1. The molecule has 2 aromatic heterocycles. The highest BCUT2D eigenvalue weighted by Gasteiger charge is 2.11. The molecule has 0 fully saturated rings. The Kier molecular flexibility index (Phi) is 5.93. The van der Waals surface area contributed by atoms with E-state index in [2.05, 4.69) is 17.1 Å². The molecule has 0 aliphatic carbocycles. The second-order valence-corrected chi connectivity index (χ2v) is 6.08. The zero-order valence-electron chi connectivity index (χ0n) is 15.0. The summed E-state index contributed by atoms with van der Waals surface area (Å²) in [4.78, 5) is 13.4. The fraction of sp³-hybridized carbons (Fsp3) is 0.143. The number of fused-ring (bicyclic) bond motifs is 1. The highest BCUT2D eigenvalue weighted by Crippen LogP contribution is 2.19. The van der Waals surface area contributed by atoms with E-state index >= 15 is 0 Å². The van der Waals surface area contributed by atoms with Crippen LogP contribution >= 0.6 is 0 Å². The summed E-state index contributed by atoms with van der Waals surface area (Å²) in [6.07, 6.45) is 3.45. The minimum absolute atomic E-state index is 0.0600. The van der Waals surface area contributed by atoms with Crippen LogP contribution < -0.4 is 0 Å². The number of carbonyl (C=O) groups excluding carboxylic acids is 1. The van der Waals surface area contributed by atoms with E-state index in [1.54, 1.807) is 12.1 Å². The largest absolute Gasteiger partial charge is 0.361 e. The second-order valence-electron chi connectivity index (χ2n) is 6.08. The first kappa shape index (κ1) is 19.4. The van der Waals surface area contributed by atoms with Crippen LogP contribution in [-0.2, 0) is 12.8 Å². The highest BCUT2D eigenvalue weighted by atomic mass is 19.2. The SMILES string of the molecule is CCc1c[nH]c2ccc(F)cc12.O=Cc1cc(Cc2cccc(F)c2F)on1. The molecule has 2 heterocycles. The van der Waals surface area contributed by atoms with Crippen molar-refractivity contribution in [2.75, 3.05) is 0 Å². The van der Waals surface area contributed by atoms with Crippen molar-refractivity contribution in [1.29, 1.82) is 0 Å². The Labute approximate surface area is 159 Å². The van der Waals surface area contributed by atoms with Gasteiger partial charge in [-0.1, -0.05) is 24.2 Å². The summed E-state index contributed by atoms with van der Waals surface area (Å²) in [5.41, 5.74) is 2.47. The number of halogens is 3. The first-order valence-corrected chi connectivity index (χ1v) is 8.61. The summed E-state index contributed by atoms with van der Waals surface area (Å²) >= 11 is 0. The summed E-state index contributed by atoms with van der Waals surface area (Å²) in [7, 11) is 0. The van der Waals surface area contributed by atoms with Crippen molar-refractivity contribution in [3.05, 3.63) is 88.7 Å². The normalized spacial score (nSPS) is 10.6. The molecule has 0 aliphatic rings. The second kappa shape index (κ2) is 8.56. The molecule has 0 aliphatic heterocycles. The zero-order valence-corrected chi connectivity index (χ0v) is 15.0. The van der Waals surface area contributed by atoms with Crippen molar-refractivity contribution in [2.45, 2.75) is 19.8 Å². The molecule has 0 saturated heterocycles. The number of carbonyl (C=O) groups is 1. The third-order valence-electron chi connectivity index (χ3n) is 4.20. The van der Waals surface area contributed by atoms with Gasteiger partial charge in [0.25, 0.3) is 0 Å². The van der Waals surface area contributed by atoms with Crippen LogP contribution in [0.2, 0.25) is 0 Å². The van der Waals surface area contributed by atoms with Crippen molar-refractivity contribution < 1.29 is 22.5 Å². The predicted octanol–water partition coefficient (Wildman–Crippen LogP) is 5.23. The fourth-order valence-electron chi connectivity index (χ4n) is 2.78. The van der Waals surface area contributed by atoms with Crippen molar-refractivity contribution >= 4 is 17.2 Å². The maximum absolute atomic E-state index is 13.3. The van der Waals surface area contributed by atoms with E-state index in [4.69, 9.17) is 4.52 Å². The minimum Gasteiger partial charge on any atom is -0.361 e. The van der Waals surface area contributed by atoms with Crippen molar-refractivity contribution in [3.8, 4) is 0 Å². The predicted molar refractivity (Wildman–Crippen MR) is 98.7 cm³/mol. The van der Waals surface area contributed by atoms with Gasteiger partial charge in [-0.25, -0.2) is 13.2 Å². The van der Waals surface area contributed by atoms with Crippen LogP contribution in [0.4, 0.5) is 13.2 Å². The van der Waals surface area contributed by atoms with Crippen LogP contribution in [0.25, 0.3) is 10.9 Å². The lowest BCUT2D eigenvalue weighted by atomic mass is 10.1. The van der Waals surface area contributed by atoms with Gasteiger partial charge >= 0.3 is 0 Å². The molecule has 0 spiro atoms. The van der Waals surface area contributed by atoms with E-state index in [1.165, 1.54) is 29.8 Å². The van der Waals surface area contributed by atoms with Gasteiger partial charge in [0.2, 0.25) is 0 Å². The molecule has 0 amide bonds. The van der Waals surface area contributed by atoms with Gasteiger partial charge in [0.05, 0.1) is 0 Å². The molecule has 0 bridgehead atoms. The van der Waals surface area contributed by atoms with E-state index in [0.717, 1.165) is 23.4 Å². The Bertz CT molecular complexity index is 1100. The molecule has 28 heavy (non-hydrogen) atoms. The number of aromatic nitrogens is 2. The number of nitrogens with one attached hydrogen (secondary N) is 1. The number of benzene rings is 2. The van der Waals surface area contributed by atoms with Crippen molar-refractivity contribution in [1.82, 2.24) is 10.1 Å². The molecule has 144 valence electrons. The van der Waals surface area contributed by atoms with Crippen LogP contribution in [-0.4, -0.2) is 16.4 Å². The lowest BCUT2D eigenvalue weighted by molar-refractivity contribution is 0.111. The molecule has 4 rings (SSSR count). The molecule has 0 radical (unpaired) electrons. The molecule has 4 nitrogen and oxygen atoms in total. The van der Waals surface area contributed by atoms with Crippen LogP contribution in [0, 0.1) is 17.5 Å². The molecular formula is C21H17F3N2O2. The Morgan fingerprint density at radius 3 is 2.64 bits per heavy atom. The summed E-state index contributed by atoms with van der Waals surface area (Å²) in [6.45, 7) is 2.06. The molecule has 7 heteroatoms. The summed E-state index contributed by atoms with van der Waals surface area (Å²) in [5, 5.41) is 4.42. The van der Waals surface area contributed by atoms with Crippen LogP contribution in [0.15, 0.2) is 53.2 Å². The standard InChI is InChI=1S/C11H7F2NO2.C10H10FN/c12-10-3-1-2-7(11(10)13)4-9-5-8(6-15)14-16-9;1-2-7-6-12-10-4-3-8(11)5-9(7)10/h1-3,5-6H,4H2;3-6,12H,2H2,1H3. The maximum Gasteiger partial charge on any atom is 0.171 e. The van der Waals surface area contributed by atoms with Crippen LogP contribution in [0.1, 0.15) is 34.3 Å². The van der Waals surface area contributed by atoms with Gasteiger partial charge in [-0.2, -0.15) is 0 Å². The van der Waals surface area contributed by atoms with Crippen molar-refractivity contribution in [2.24, 2.45) is 0 Å². The molecular weight excluding hydrogens is 369 g/mol. The first-order chi connectivity index (χ1) is 13.5. The maximum atomic E-state index is 13.3. The lowest BCUT2D eigenvalue weighted by Crippen LogP contribution is -1.94. The number of hydrogen-bond donors (Lipinski definition) is 1. The number of hydrogen-bond acceptors (Lipinski definition) is 3. The Hall–Kier alpha value is -3.35. The van der Waals surface area contributed by atoms with Gasteiger partial charge in [-0.3, -0.25) is 4.79 Å². The highest BCUT2D eigenvalue weighted by molar-refractivity contribution is 5.83. The van der Waals surface area contributed by atoms with Gasteiger partial charge in [-0.15, -0.1) is 0 Å². The van der Waals surface area contributed by atoms with Gasteiger partial charge in [-0.05, 0) is 41.8 Å².